The van der Waals surface area contributed by atoms with Crippen LogP contribution in [0.5, 0.6) is 11.5 Å². The molecule has 0 radical (unpaired) electrons. The molecule has 0 saturated carbocycles. The summed E-state index contributed by atoms with van der Waals surface area (Å²) in [7, 11) is 5.56. The van der Waals surface area contributed by atoms with Crippen LogP contribution in [0.4, 0.5) is 0 Å². The van der Waals surface area contributed by atoms with Crippen molar-refractivity contribution >= 4 is 17.2 Å². The van der Waals surface area contributed by atoms with E-state index in [1.54, 1.807) is 36.6 Å². The average molecular weight is 430 g/mol. The van der Waals surface area contributed by atoms with Gasteiger partial charge in [0.25, 0.3) is 5.91 Å². The molecular formula is C22H27N3O4S. The highest BCUT2D eigenvalue weighted by Gasteiger charge is 2.18. The number of aromatic nitrogens is 1. The van der Waals surface area contributed by atoms with Gasteiger partial charge in [-0.05, 0) is 57.6 Å². The molecule has 3 rings (SSSR count). The summed E-state index contributed by atoms with van der Waals surface area (Å²) in [5.74, 6) is 1.62. The summed E-state index contributed by atoms with van der Waals surface area (Å²) in [6.07, 6.45) is 0. The highest BCUT2D eigenvalue weighted by atomic mass is 32.1. The van der Waals surface area contributed by atoms with Crippen LogP contribution in [-0.4, -0.2) is 43.7 Å². The van der Waals surface area contributed by atoms with Gasteiger partial charge in [-0.15, -0.1) is 11.3 Å². The van der Waals surface area contributed by atoms with E-state index in [1.165, 1.54) is 4.88 Å². The molecule has 0 spiro atoms. The molecule has 1 atom stereocenters. The maximum absolute atomic E-state index is 12.7. The number of amides is 1. The molecular weight excluding hydrogens is 402 g/mol. The smallest absolute Gasteiger partial charge is 0.251 e. The minimum Gasteiger partial charge on any atom is -0.493 e. The second-order valence-electron chi connectivity index (χ2n) is 7.16. The Kier molecular flexibility index (Phi) is 7.12. The number of ether oxygens (including phenoxy) is 2. The van der Waals surface area contributed by atoms with Crippen molar-refractivity contribution in [2.45, 2.75) is 26.5 Å². The predicted octanol–water partition coefficient (Wildman–Crippen LogP) is 3.97. The van der Waals surface area contributed by atoms with E-state index in [0.29, 0.717) is 30.2 Å². The van der Waals surface area contributed by atoms with E-state index < -0.39 is 0 Å². The Hall–Kier alpha value is -2.84. The van der Waals surface area contributed by atoms with Gasteiger partial charge in [0, 0.05) is 17.0 Å². The van der Waals surface area contributed by atoms with Gasteiger partial charge in [0.1, 0.15) is 12.4 Å². The summed E-state index contributed by atoms with van der Waals surface area (Å²) in [6.45, 7) is 4.55. The van der Waals surface area contributed by atoms with Crippen molar-refractivity contribution < 1.29 is 18.8 Å². The summed E-state index contributed by atoms with van der Waals surface area (Å²) in [5.41, 5.74) is 2.21. The monoisotopic (exact) mass is 429 g/mol. The summed E-state index contributed by atoms with van der Waals surface area (Å²) < 4.78 is 16.5. The fourth-order valence-electron chi connectivity index (χ4n) is 3.10. The molecule has 1 aromatic carbocycles. The van der Waals surface area contributed by atoms with Gasteiger partial charge in [0.2, 0.25) is 0 Å². The van der Waals surface area contributed by atoms with E-state index in [0.717, 1.165) is 17.0 Å². The van der Waals surface area contributed by atoms with E-state index >= 15 is 0 Å². The fourth-order valence-corrected chi connectivity index (χ4v) is 4.02. The van der Waals surface area contributed by atoms with Crippen LogP contribution < -0.4 is 14.8 Å². The van der Waals surface area contributed by atoms with Gasteiger partial charge in [-0.2, -0.15) is 0 Å². The van der Waals surface area contributed by atoms with Crippen LogP contribution in [0.15, 0.2) is 40.2 Å². The highest BCUT2D eigenvalue weighted by molar-refractivity contribution is 7.10. The minimum atomic E-state index is -0.158. The Morgan fingerprint density at radius 3 is 2.67 bits per heavy atom. The van der Waals surface area contributed by atoms with E-state index in [1.807, 2.05) is 39.4 Å². The third kappa shape index (κ3) is 5.01. The first-order valence-corrected chi connectivity index (χ1v) is 10.5. The average Bonchev–Trinajstić information content (AvgIpc) is 3.36. The number of hydrogen-bond donors (Lipinski definition) is 1. The second kappa shape index (κ2) is 9.77. The van der Waals surface area contributed by atoms with Gasteiger partial charge in [-0.25, -0.2) is 0 Å². The molecule has 1 N–H and O–H groups in total. The summed E-state index contributed by atoms with van der Waals surface area (Å²) in [4.78, 5) is 16.0. The van der Waals surface area contributed by atoms with Crippen molar-refractivity contribution in [2.75, 3.05) is 27.7 Å². The molecule has 0 aliphatic carbocycles. The summed E-state index contributed by atoms with van der Waals surface area (Å²) in [5, 5.41) is 8.99. The number of rotatable bonds is 9. The number of methoxy groups -OCH3 is 1. The maximum Gasteiger partial charge on any atom is 0.251 e. The lowest BCUT2D eigenvalue weighted by atomic mass is 10.1. The molecule has 0 saturated heterocycles. The Bertz CT molecular complexity index is 963. The zero-order valence-electron chi connectivity index (χ0n) is 17.9. The molecule has 0 aliphatic rings. The Morgan fingerprint density at radius 1 is 1.27 bits per heavy atom. The number of benzene rings is 1. The maximum atomic E-state index is 12.7. The molecule has 1 unspecified atom stereocenters. The van der Waals surface area contributed by atoms with Gasteiger partial charge >= 0.3 is 0 Å². The first-order valence-electron chi connectivity index (χ1n) is 9.61. The fraction of sp³-hybridized carbons (Fsp3) is 0.364. The Labute approximate surface area is 180 Å². The van der Waals surface area contributed by atoms with Crippen molar-refractivity contribution in [1.29, 1.82) is 0 Å². The largest absolute Gasteiger partial charge is 0.493 e. The van der Waals surface area contributed by atoms with Gasteiger partial charge in [-0.3, -0.25) is 4.79 Å². The molecule has 0 fully saturated rings. The number of nitrogens with one attached hydrogen (secondary N) is 1. The van der Waals surface area contributed by atoms with Crippen LogP contribution in [0.1, 0.15) is 38.3 Å². The predicted molar refractivity (Wildman–Crippen MR) is 116 cm³/mol. The molecule has 7 nitrogen and oxygen atoms in total. The van der Waals surface area contributed by atoms with Crippen molar-refractivity contribution in [2.24, 2.45) is 0 Å². The lowest BCUT2D eigenvalue weighted by Crippen LogP contribution is -2.34. The van der Waals surface area contributed by atoms with Gasteiger partial charge in [-0.1, -0.05) is 11.2 Å². The first-order chi connectivity index (χ1) is 14.4. The number of carbonyl (C=O) groups is 1. The molecule has 30 heavy (non-hydrogen) atoms. The van der Waals surface area contributed by atoms with E-state index in [9.17, 15) is 4.79 Å². The third-order valence-electron chi connectivity index (χ3n) is 4.93. The Morgan fingerprint density at radius 2 is 2.07 bits per heavy atom. The summed E-state index contributed by atoms with van der Waals surface area (Å²) in [6, 6.07) is 9.38. The van der Waals surface area contributed by atoms with Crippen molar-refractivity contribution in [3.05, 3.63) is 63.2 Å². The third-order valence-corrected chi connectivity index (χ3v) is 5.90. The molecule has 2 heterocycles. The standard InChI is InChI=1S/C22H27N3O4S/c1-14-17(15(2)29-24-14)13-28-19-9-8-16(11-20(19)27-5)22(26)23-12-18(25(3)4)21-7-6-10-30-21/h6-11,18H,12-13H2,1-5H3,(H,23,26). The van der Waals surface area contributed by atoms with Gasteiger partial charge in [0.15, 0.2) is 11.5 Å². The number of carbonyl (C=O) groups excluding carboxylic acids is 1. The zero-order valence-corrected chi connectivity index (χ0v) is 18.7. The molecule has 160 valence electrons. The van der Waals surface area contributed by atoms with Gasteiger partial charge in [0.05, 0.1) is 24.4 Å². The lowest BCUT2D eigenvalue weighted by Gasteiger charge is -2.23. The molecule has 0 aliphatic heterocycles. The second-order valence-corrected chi connectivity index (χ2v) is 8.14. The van der Waals surface area contributed by atoms with E-state index in [-0.39, 0.29) is 11.9 Å². The lowest BCUT2D eigenvalue weighted by molar-refractivity contribution is 0.0942. The van der Waals surface area contributed by atoms with Crippen LogP contribution in [0, 0.1) is 13.8 Å². The number of nitrogens with zero attached hydrogens (tertiary/aromatic N) is 2. The SMILES string of the molecule is COc1cc(C(=O)NCC(c2cccs2)N(C)C)ccc1OCc1c(C)noc1C. The molecule has 2 aromatic heterocycles. The van der Waals surface area contributed by atoms with Crippen LogP contribution in [-0.2, 0) is 6.61 Å². The van der Waals surface area contributed by atoms with Crippen molar-refractivity contribution in [3.8, 4) is 11.5 Å². The number of likely N-dealkylation sites (N-methyl/N-ethyl adjacent to an activating group) is 1. The number of thiophene rings is 1. The molecule has 0 bridgehead atoms. The van der Waals surface area contributed by atoms with E-state index in [2.05, 4.69) is 21.4 Å². The minimum absolute atomic E-state index is 0.119. The quantitative estimate of drug-likeness (QED) is 0.555. The molecule has 8 heteroatoms. The van der Waals surface area contributed by atoms with Gasteiger partial charge < -0.3 is 24.2 Å². The topological polar surface area (TPSA) is 76.8 Å². The summed E-state index contributed by atoms with van der Waals surface area (Å²) >= 11 is 1.68. The highest BCUT2D eigenvalue weighted by Crippen LogP contribution is 2.30. The van der Waals surface area contributed by atoms with E-state index in [4.69, 9.17) is 14.0 Å². The van der Waals surface area contributed by atoms with Crippen LogP contribution in [0.25, 0.3) is 0 Å². The molecule has 3 aromatic rings. The number of aryl methyl sites for hydroxylation is 2. The Balaban J connectivity index is 1.66. The van der Waals surface area contributed by atoms with Crippen LogP contribution in [0.2, 0.25) is 0 Å². The van der Waals surface area contributed by atoms with Crippen LogP contribution in [0.3, 0.4) is 0 Å². The normalized spacial score (nSPS) is 12.1. The van der Waals surface area contributed by atoms with Crippen molar-refractivity contribution in [1.82, 2.24) is 15.4 Å². The molecule has 1 amide bonds. The number of hydrogen-bond acceptors (Lipinski definition) is 7. The first kappa shape index (κ1) is 21.9. The zero-order chi connectivity index (χ0) is 21.7. The van der Waals surface area contributed by atoms with Crippen LogP contribution >= 0.6 is 11.3 Å². The van der Waals surface area contributed by atoms with Crippen molar-refractivity contribution in [3.63, 3.8) is 0 Å².